The van der Waals surface area contributed by atoms with Crippen LogP contribution in [0, 0.1) is 5.92 Å². The molecule has 2 fully saturated rings. The van der Waals surface area contributed by atoms with E-state index in [1.54, 1.807) is 49.9 Å². The van der Waals surface area contributed by atoms with Gasteiger partial charge in [0, 0.05) is 29.1 Å². The molecular formula is C27H33Cl2NO5S. The number of nitrogens with zero attached hydrogens (tertiary/aromatic N) is 1. The van der Waals surface area contributed by atoms with Gasteiger partial charge in [-0.3, -0.25) is 4.79 Å². The lowest BCUT2D eigenvalue weighted by Crippen LogP contribution is -2.57. The maximum absolute atomic E-state index is 14.0. The van der Waals surface area contributed by atoms with Gasteiger partial charge in [0.15, 0.2) is 9.84 Å². The fraction of sp³-hybridized carbons (Fsp3) is 0.519. The minimum atomic E-state index is -3.53. The number of halogens is 2. The molecule has 1 N–H and O–H groups in total. The van der Waals surface area contributed by atoms with Crippen molar-refractivity contribution in [3.05, 3.63) is 69.7 Å². The first-order chi connectivity index (χ1) is 16.9. The second-order valence-electron chi connectivity index (χ2n) is 10.7. The number of aliphatic hydroxyl groups is 1. The Morgan fingerprint density at radius 3 is 2.28 bits per heavy atom. The third-order valence-electron chi connectivity index (χ3n) is 7.05. The summed E-state index contributed by atoms with van der Waals surface area (Å²) in [4.78, 5) is 15.7. The van der Waals surface area contributed by atoms with Crippen LogP contribution in [-0.2, 0) is 19.4 Å². The van der Waals surface area contributed by atoms with Gasteiger partial charge < -0.3 is 14.7 Å². The van der Waals surface area contributed by atoms with E-state index < -0.39 is 38.9 Å². The number of carbonyl (C=O) groups excluding carboxylic acids is 1. The Morgan fingerprint density at radius 1 is 1.06 bits per heavy atom. The van der Waals surface area contributed by atoms with E-state index in [0.717, 1.165) is 24.0 Å². The highest BCUT2D eigenvalue weighted by Gasteiger charge is 2.51. The lowest BCUT2D eigenvalue weighted by atomic mass is 9.89. The zero-order chi connectivity index (χ0) is 26.3. The molecule has 0 aromatic heterocycles. The Morgan fingerprint density at radius 2 is 1.72 bits per heavy atom. The Kier molecular flexibility index (Phi) is 8.08. The van der Waals surface area contributed by atoms with Crippen LogP contribution in [0.1, 0.15) is 63.3 Å². The highest BCUT2D eigenvalue weighted by atomic mass is 35.5. The number of benzene rings is 2. The van der Waals surface area contributed by atoms with Gasteiger partial charge in [-0.05, 0) is 74.9 Å². The van der Waals surface area contributed by atoms with E-state index in [1.807, 2.05) is 24.3 Å². The molecule has 1 aliphatic heterocycles. The van der Waals surface area contributed by atoms with Gasteiger partial charge in [-0.1, -0.05) is 47.5 Å². The van der Waals surface area contributed by atoms with Crippen molar-refractivity contribution in [2.24, 2.45) is 5.92 Å². The van der Waals surface area contributed by atoms with E-state index in [4.69, 9.17) is 27.9 Å². The van der Waals surface area contributed by atoms with Crippen LogP contribution in [0.25, 0.3) is 0 Å². The summed E-state index contributed by atoms with van der Waals surface area (Å²) in [6.45, 7) is 4.83. The highest BCUT2D eigenvalue weighted by molar-refractivity contribution is 7.92. The topological polar surface area (TPSA) is 83.9 Å². The first-order valence-corrected chi connectivity index (χ1v) is 14.7. The average Bonchev–Trinajstić information content (AvgIpc) is 3.64. The summed E-state index contributed by atoms with van der Waals surface area (Å²) in [5.74, 6) is -0.359. The Balaban J connectivity index is 1.88. The summed E-state index contributed by atoms with van der Waals surface area (Å²) in [5.41, 5.74) is 1.56. The fourth-order valence-electron chi connectivity index (χ4n) is 4.78. The maximum atomic E-state index is 14.0. The molecule has 1 aliphatic carbocycles. The molecule has 4 atom stereocenters. The number of morpholine rings is 1. The summed E-state index contributed by atoms with van der Waals surface area (Å²) < 4.78 is 32.2. The number of hydrogen-bond acceptors (Lipinski definition) is 5. The monoisotopic (exact) mass is 553 g/mol. The van der Waals surface area contributed by atoms with E-state index >= 15 is 0 Å². The van der Waals surface area contributed by atoms with Gasteiger partial charge in [-0.15, -0.1) is 0 Å². The van der Waals surface area contributed by atoms with Crippen LogP contribution in [0.3, 0.4) is 0 Å². The Bertz CT molecular complexity index is 1190. The lowest BCUT2D eigenvalue weighted by Gasteiger charge is -2.48. The maximum Gasteiger partial charge on any atom is 0.252 e. The summed E-state index contributed by atoms with van der Waals surface area (Å²) >= 11 is 12.5. The lowest BCUT2D eigenvalue weighted by molar-refractivity contribution is -0.181. The smallest absolute Gasteiger partial charge is 0.252 e. The van der Waals surface area contributed by atoms with E-state index in [0.29, 0.717) is 10.0 Å². The fourth-order valence-corrected chi connectivity index (χ4v) is 6.48. The number of aliphatic hydroxyl groups excluding tert-OH is 1. The first-order valence-electron chi connectivity index (χ1n) is 12.2. The molecule has 4 unspecified atom stereocenters. The Hall–Kier alpha value is -1.64. The predicted molar refractivity (Wildman–Crippen MR) is 142 cm³/mol. The predicted octanol–water partition coefficient (Wildman–Crippen LogP) is 5.38. The highest BCUT2D eigenvalue weighted by Crippen LogP contribution is 2.48. The minimum Gasteiger partial charge on any atom is -0.396 e. The van der Waals surface area contributed by atoms with E-state index in [2.05, 4.69) is 0 Å². The molecule has 1 saturated carbocycles. The molecule has 0 radical (unpaired) electrons. The third kappa shape index (κ3) is 5.76. The van der Waals surface area contributed by atoms with Crippen LogP contribution < -0.4 is 0 Å². The van der Waals surface area contributed by atoms with Crippen molar-refractivity contribution in [1.82, 2.24) is 4.90 Å². The molecule has 2 aromatic carbocycles. The van der Waals surface area contributed by atoms with Gasteiger partial charge in [0.1, 0.15) is 12.2 Å². The molecule has 1 amide bonds. The summed E-state index contributed by atoms with van der Waals surface area (Å²) in [6.07, 6.45) is 0.311. The first kappa shape index (κ1) is 27.4. The van der Waals surface area contributed by atoms with Gasteiger partial charge in [-0.25, -0.2) is 8.42 Å². The summed E-state index contributed by atoms with van der Waals surface area (Å²) in [7, 11) is -3.53. The molecule has 9 heteroatoms. The number of amides is 1. The minimum absolute atomic E-state index is 0.0776. The van der Waals surface area contributed by atoms with Crippen molar-refractivity contribution < 1.29 is 23.1 Å². The van der Waals surface area contributed by atoms with Gasteiger partial charge in [0.05, 0.1) is 16.5 Å². The van der Waals surface area contributed by atoms with Crippen molar-refractivity contribution in [2.45, 2.75) is 69.1 Å². The van der Waals surface area contributed by atoms with Crippen molar-refractivity contribution in [3.8, 4) is 0 Å². The molecule has 196 valence electrons. The number of carbonyl (C=O) groups is 1. The van der Waals surface area contributed by atoms with Crippen molar-refractivity contribution >= 4 is 38.9 Å². The van der Waals surface area contributed by atoms with Crippen LogP contribution in [0.15, 0.2) is 48.5 Å². The van der Waals surface area contributed by atoms with Crippen LogP contribution in [0.2, 0.25) is 10.0 Å². The SMILES string of the molecule is CC(C)(C)S(=O)(=O)CC(C1CC1)N1C(=O)C(CCO)OC(c2cccc(Cl)c2)C1c1ccc(Cl)cc1. The zero-order valence-corrected chi connectivity index (χ0v) is 23.1. The molecular weight excluding hydrogens is 521 g/mol. The standard InChI is InChI=1S/C27H33Cl2NO5S/c1-27(2,3)36(33,34)16-22(17-7-8-17)30-24(18-9-11-20(28)12-10-18)25(19-5-4-6-21(29)15-19)35-23(13-14-31)26(30)32/h4-6,9-12,15,17,22-25,31H,7-8,13-14,16H2,1-3H3. The van der Waals surface area contributed by atoms with Crippen LogP contribution in [0.4, 0.5) is 0 Å². The van der Waals surface area contributed by atoms with Crippen molar-refractivity contribution in [2.75, 3.05) is 12.4 Å². The number of rotatable bonds is 8. The van der Waals surface area contributed by atoms with Gasteiger partial charge in [-0.2, -0.15) is 0 Å². The van der Waals surface area contributed by atoms with Crippen molar-refractivity contribution in [1.29, 1.82) is 0 Å². The molecule has 36 heavy (non-hydrogen) atoms. The molecule has 2 aliphatic rings. The van der Waals surface area contributed by atoms with Gasteiger partial charge >= 0.3 is 0 Å². The third-order valence-corrected chi connectivity index (χ3v) is 10.2. The quantitative estimate of drug-likeness (QED) is 0.474. The molecule has 0 bridgehead atoms. The second-order valence-corrected chi connectivity index (χ2v) is 14.3. The molecule has 1 saturated heterocycles. The summed E-state index contributed by atoms with van der Waals surface area (Å²) in [6, 6.07) is 13.4. The molecule has 6 nitrogen and oxygen atoms in total. The summed E-state index contributed by atoms with van der Waals surface area (Å²) in [5, 5.41) is 10.8. The number of ether oxygens (including phenoxy) is 1. The zero-order valence-electron chi connectivity index (χ0n) is 20.7. The average molecular weight is 555 g/mol. The van der Waals surface area contributed by atoms with E-state index in [1.165, 1.54) is 0 Å². The molecule has 4 rings (SSSR count). The molecule has 0 spiro atoms. The number of sulfone groups is 1. The van der Waals surface area contributed by atoms with Crippen LogP contribution in [0.5, 0.6) is 0 Å². The molecule has 1 heterocycles. The normalized spacial score (nSPS) is 24.1. The van der Waals surface area contributed by atoms with E-state index in [9.17, 15) is 18.3 Å². The van der Waals surface area contributed by atoms with Crippen LogP contribution in [-0.4, -0.2) is 53.6 Å². The molecule has 2 aromatic rings. The van der Waals surface area contributed by atoms with Crippen LogP contribution >= 0.6 is 23.2 Å². The Labute approximate surface area is 223 Å². The number of hydrogen-bond donors (Lipinski definition) is 1. The van der Waals surface area contributed by atoms with E-state index in [-0.39, 0.29) is 30.6 Å². The largest absolute Gasteiger partial charge is 0.396 e. The van der Waals surface area contributed by atoms with Crippen molar-refractivity contribution in [3.63, 3.8) is 0 Å². The second kappa shape index (κ2) is 10.6. The van der Waals surface area contributed by atoms with Gasteiger partial charge in [0.25, 0.3) is 5.91 Å². The van der Waals surface area contributed by atoms with Gasteiger partial charge in [0.2, 0.25) is 0 Å².